The van der Waals surface area contributed by atoms with E-state index in [1.807, 2.05) is 24.3 Å². The van der Waals surface area contributed by atoms with E-state index < -0.39 is 0 Å². The maximum absolute atomic E-state index is 9.87. The molecule has 0 spiro atoms. The van der Waals surface area contributed by atoms with Crippen LogP contribution in [0, 0.1) is 0 Å². The van der Waals surface area contributed by atoms with Gasteiger partial charge >= 0.3 is 0 Å². The summed E-state index contributed by atoms with van der Waals surface area (Å²) in [6.45, 7) is 7.40. The smallest absolute Gasteiger partial charge is 0.0839 e. The summed E-state index contributed by atoms with van der Waals surface area (Å²) in [7, 11) is 0. The molecule has 0 aliphatic carbocycles. The van der Waals surface area contributed by atoms with E-state index in [2.05, 4.69) is 24.1 Å². The number of aliphatic hydroxyl groups is 1. The zero-order valence-corrected chi connectivity index (χ0v) is 10.7. The van der Waals surface area contributed by atoms with Crippen molar-refractivity contribution in [1.29, 1.82) is 0 Å². The minimum absolute atomic E-state index is 0.354. The van der Waals surface area contributed by atoms with Gasteiger partial charge in [0.05, 0.1) is 6.10 Å². The van der Waals surface area contributed by atoms with Gasteiger partial charge in [0.25, 0.3) is 0 Å². The second kappa shape index (κ2) is 7.14. The van der Waals surface area contributed by atoms with Crippen LogP contribution in [0.15, 0.2) is 24.3 Å². The lowest BCUT2D eigenvalue weighted by Gasteiger charge is -2.22. The van der Waals surface area contributed by atoms with Crippen molar-refractivity contribution in [3.63, 3.8) is 0 Å². The Kier molecular flexibility index (Phi) is 5.80. The molecule has 1 rings (SSSR count). The summed E-state index contributed by atoms with van der Waals surface area (Å²) in [5.74, 6) is 0. The second-order valence-electron chi connectivity index (χ2n) is 4.14. The Morgan fingerprint density at radius 1 is 1.24 bits per heavy atom. The number of anilines is 2. The van der Waals surface area contributed by atoms with Crippen LogP contribution in [0.2, 0.25) is 0 Å². The molecule has 0 saturated heterocycles. The maximum Gasteiger partial charge on any atom is 0.0839 e. The van der Waals surface area contributed by atoms with Gasteiger partial charge in [-0.25, -0.2) is 0 Å². The number of likely N-dealkylation sites (N-methyl/N-ethyl adjacent to an activating group) is 1. The van der Waals surface area contributed by atoms with Crippen LogP contribution in [0.3, 0.4) is 0 Å². The first-order valence-electron chi connectivity index (χ1n) is 6.15. The average Bonchev–Trinajstić information content (AvgIpc) is 2.35. The number of nitrogen functional groups attached to an aromatic ring is 1. The highest BCUT2D eigenvalue weighted by atomic mass is 16.3. The number of hydrogen-bond donors (Lipinski definition) is 3. The molecular weight excluding hydrogens is 214 g/mol. The molecule has 0 aliphatic rings. The molecule has 1 atom stereocenters. The summed E-state index contributed by atoms with van der Waals surface area (Å²) in [5, 5.41) is 13.1. The van der Waals surface area contributed by atoms with Crippen molar-refractivity contribution in [2.45, 2.75) is 20.0 Å². The van der Waals surface area contributed by atoms with Crippen molar-refractivity contribution in [1.82, 2.24) is 4.90 Å². The van der Waals surface area contributed by atoms with Crippen LogP contribution < -0.4 is 11.1 Å². The second-order valence-corrected chi connectivity index (χ2v) is 4.14. The molecule has 1 aromatic rings. The van der Waals surface area contributed by atoms with Crippen LogP contribution in [-0.2, 0) is 0 Å². The summed E-state index contributed by atoms with van der Waals surface area (Å²) in [6.07, 6.45) is -0.354. The summed E-state index contributed by atoms with van der Waals surface area (Å²) in [4.78, 5) is 2.20. The van der Waals surface area contributed by atoms with Crippen molar-refractivity contribution in [3.8, 4) is 0 Å². The van der Waals surface area contributed by atoms with Crippen molar-refractivity contribution in [2.75, 3.05) is 37.2 Å². The summed E-state index contributed by atoms with van der Waals surface area (Å²) in [5.41, 5.74) is 7.33. The van der Waals surface area contributed by atoms with Gasteiger partial charge in [0, 0.05) is 24.5 Å². The first-order valence-corrected chi connectivity index (χ1v) is 6.15. The number of benzene rings is 1. The van der Waals surface area contributed by atoms with E-state index in [1.54, 1.807) is 0 Å². The molecule has 0 heterocycles. The van der Waals surface area contributed by atoms with Crippen molar-refractivity contribution in [2.24, 2.45) is 0 Å². The van der Waals surface area contributed by atoms with E-state index in [4.69, 9.17) is 5.73 Å². The summed E-state index contributed by atoms with van der Waals surface area (Å²) in [6, 6.07) is 7.52. The monoisotopic (exact) mass is 237 g/mol. The Hall–Kier alpha value is -1.26. The molecule has 17 heavy (non-hydrogen) atoms. The number of hydrogen-bond acceptors (Lipinski definition) is 4. The molecule has 4 N–H and O–H groups in total. The van der Waals surface area contributed by atoms with Crippen molar-refractivity contribution in [3.05, 3.63) is 24.3 Å². The van der Waals surface area contributed by atoms with Crippen molar-refractivity contribution < 1.29 is 5.11 Å². The van der Waals surface area contributed by atoms with Gasteiger partial charge in [0.1, 0.15) is 0 Å². The van der Waals surface area contributed by atoms with Gasteiger partial charge in [-0.05, 0) is 37.4 Å². The van der Waals surface area contributed by atoms with E-state index in [-0.39, 0.29) is 6.10 Å². The fraction of sp³-hybridized carbons (Fsp3) is 0.538. The van der Waals surface area contributed by atoms with Crippen molar-refractivity contribution >= 4 is 11.4 Å². The zero-order valence-electron chi connectivity index (χ0n) is 10.7. The fourth-order valence-electron chi connectivity index (χ4n) is 1.68. The molecule has 4 heteroatoms. The predicted octanol–water partition coefficient (Wildman–Crippen LogP) is 1.38. The highest BCUT2D eigenvalue weighted by Gasteiger charge is 2.08. The van der Waals surface area contributed by atoms with Crippen LogP contribution in [0.1, 0.15) is 13.8 Å². The van der Waals surface area contributed by atoms with Gasteiger partial charge < -0.3 is 21.1 Å². The van der Waals surface area contributed by atoms with Crippen LogP contribution in [-0.4, -0.2) is 42.3 Å². The number of aliphatic hydroxyl groups excluding tert-OH is 1. The Morgan fingerprint density at radius 2 is 1.82 bits per heavy atom. The number of rotatable bonds is 7. The number of nitrogens with two attached hydrogens (primary N) is 1. The first-order chi connectivity index (χ1) is 8.15. The van der Waals surface area contributed by atoms with E-state index >= 15 is 0 Å². The minimum Gasteiger partial charge on any atom is -0.399 e. The number of nitrogens with zero attached hydrogens (tertiary/aromatic N) is 1. The summed E-state index contributed by atoms with van der Waals surface area (Å²) < 4.78 is 0. The normalized spacial score (nSPS) is 12.7. The predicted molar refractivity (Wildman–Crippen MR) is 73.1 cm³/mol. The van der Waals surface area contributed by atoms with Gasteiger partial charge in [0.2, 0.25) is 0 Å². The third kappa shape index (κ3) is 5.06. The van der Waals surface area contributed by atoms with E-state index in [0.717, 1.165) is 24.5 Å². The van der Waals surface area contributed by atoms with Crippen LogP contribution >= 0.6 is 0 Å². The lowest BCUT2D eigenvalue weighted by atomic mass is 10.2. The Labute approximate surface area is 103 Å². The maximum atomic E-state index is 9.87. The van der Waals surface area contributed by atoms with Gasteiger partial charge in [0.15, 0.2) is 0 Å². The minimum atomic E-state index is -0.354. The fourth-order valence-corrected chi connectivity index (χ4v) is 1.68. The van der Waals surface area contributed by atoms with Crippen LogP contribution in [0.25, 0.3) is 0 Å². The average molecular weight is 237 g/mol. The van der Waals surface area contributed by atoms with Crippen LogP contribution in [0.4, 0.5) is 11.4 Å². The third-order valence-corrected chi connectivity index (χ3v) is 2.82. The number of nitrogens with one attached hydrogen (secondary N) is 1. The standard InChI is InChI=1S/C13H23N3O/c1-3-16(4-2)10-13(17)9-15-12-7-5-11(14)6-8-12/h5-8,13,15,17H,3-4,9-10,14H2,1-2H3. The molecule has 0 aliphatic heterocycles. The van der Waals surface area contributed by atoms with E-state index in [0.29, 0.717) is 13.1 Å². The molecule has 0 saturated carbocycles. The first kappa shape index (κ1) is 13.8. The van der Waals surface area contributed by atoms with Gasteiger partial charge in [-0.1, -0.05) is 13.8 Å². The molecular formula is C13H23N3O. The highest BCUT2D eigenvalue weighted by Crippen LogP contribution is 2.10. The van der Waals surface area contributed by atoms with E-state index in [1.165, 1.54) is 0 Å². The Morgan fingerprint density at radius 3 is 2.35 bits per heavy atom. The van der Waals surface area contributed by atoms with Crippen LogP contribution in [0.5, 0.6) is 0 Å². The Balaban J connectivity index is 2.32. The largest absolute Gasteiger partial charge is 0.399 e. The molecule has 1 unspecified atom stereocenters. The zero-order chi connectivity index (χ0) is 12.7. The molecule has 0 radical (unpaired) electrons. The van der Waals surface area contributed by atoms with Gasteiger partial charge in [-0.2, -0.15) is 0 Å². The molecule has 0 fully saturated rings. The molecule has 96 valence electrons. The molecule has 1 aromatic carbocycles. The molecule has 0 bridgehead atoms. The highest BCUT2D eigenvalue weighted by molar-refractivity contribution is 5.51. The third-order valence-electron chi connectivity index (χ3n) is 2.82. The SMILES string of the molecule is CCN(CC)CC(O)CNc1ccc(N)cc1. The van der Waals surface area contributed by atoms with Gasteiger partial charge in [-0.15, -0.1) is 0 Å². The molecule has 4 nitrogen and oxygen atoms in total. The topological polar surface area (TPSA) is 61.5 Å². The van der Waals surface area contributed by atoms with Gasteiger partial charge in [-0.3, -0.25) is 0 Å². The molecule has 0 aromatic heterocycles. The lowest BCUT2D eigenvalue weighted by molar-refractivity contribution is 0.128. The quantitative estimate of drug-likeness (QED) is 0.627. The lowest BCUT2D eigenvalue weighted by Crippen LogP contribution is -2.35. The summed E-state index contributed by atoms with van der Waals surface area (Å²) >= 11 is 0. The van der Waals surface area contributed by atoms with E-state index in [9.17, 15) is 5.11 Å². The molecule has 0 amide bonds. The Bertz CT molecular complexity index is 309.